The maximum atomic E-state index is 11.6. The number of esters is 1. The summed E-state index contributed by atoms with van der Waals surface area (Å²) in [6.45, 7) is 8.21. The molecule has 1 fully saturated rings. The zero-order valence-corrected chi connectivity index (χ0v) is 11.5. The summed E-state index contributed by atoms with van der Waals surface area (Å²) < 4.78 is 5.55. The largest absolute Gasteiger partial charge is 0.462 e. The van der Waals surface area contributed by atoms with Gasteiger partial charge in [-0.05, 0) is 37.5 Å². The highest BCUT2D eigenvalue weighted by Crippen LogP contribution is 2.35. The molecule has 1 N–H and O–H groups in total. The van der Waals surface area contributed by atoms with E-state index in [1.807, 2.05) is 0 Å². The van der Waals surface area contributed by atoms with E-state index in [-0.39, 0.29) is 18.5 Å². The Balaban J connectivity index is 2.54. The Labute approximate surface area is 105 Å². The minimum Gasteiger partial charge on any atom is -0.462 e. The monoisotopic (exact) mass is 242 g/mol. The van der Waals surface area contributed by atoms with E-state index in [1.54, 1.807) is 6.92 Å². The van der Waals surface area contributed by atoms with Crippen molar-refractivity contribution in [3.63, 3.8) is 0 Å². The summed E-state index contributed by atoms with van der Waals surface area (Å²) >= 11 is 0. The summed E-state index contributed by atoms with van der Waals surface area (Å²) in [6, 6.07) is 0. The molecule has 0 amide bonds. The molecule has 0 aromatic rings. The Bertz CT molecular complexity index is 248. The molecule has 17 heavy (non-hydrogen) atoms. The van der Waals surface area contributed by atoms with Crippen LogP contribution in [0.25, 0.3) is 0 Å². The van der Waals surface area contributed by atoms with Crippen LogP contribution in [0.15, 0.2) is 0 Å². The summed E-state index contributed by atoms with van der Waals surface area (Å²) in [5.74, 6) is 1.40. The van der Waals surface area contributed by atoms with E-state index in [0.717, 1.165) is 12.8 Å². The van der Waals surface area contributed by atoms with E-state index >= 15 is 0 Å². The standard InChI is InChI=1S/C14H26O3/c1-9(2)12-6-5-10(3)7-13(12)17-14(16)8-11(4)15/h9-13,15H,5-8H2,1-4H3/t10-,11?,12+,13-/m0/s1. The Kier molecular flexibility index (Phi) is 5.44. The first-order chi connectivity index (χ1) is 7.90. The van der Waals surface area contributed by atoms with Gasteiger partial charge in [0, 0.05) is 0 Å². The summed E-state index contributed by atoms with van der Waals surface area (Å²) in [4.78, 5) is 11.6. The van der Waals surface area contributed by atoms with Gasteiger partial charge in [-0.2, -0.15) is 0 Å². The maximum Gasteiger partial charge on any atom is 0.308 e. The van der Waals surface area contributed by atoms with Gasteiger partial charge in [-0.1, -0.05) is 27.2 Å². The third-order valence-electron chi connectivity index (χ3n) is 3.71. The van der Waals surface area contributed by atoms with Crippen LogP contribution >= 0.6 is 0 Å². The Hall–Kier alpha value is -0.570. The summed E-state index contributed by atoms with van der Waals surface area (Å²) in [7, 11) is 0. The van der Waals surface area contributed by atoms with Crippen molar-refractivity contribution < 1.29 is 14.6 Å². The molecule has 3 heteroatoms. The number of hydrogen-bond donors (Lipinski definition) is 1. The molecule has 0 spiro atoms. The van der Waals surface area contributed by atoms with Gasteiger partial charge in [0.2, 0.25) is 0 Å². The minimum absolute atomic E-state index is 0.0463. The van der Waals surface area contributed by atoms with E-state index in [0.29, 0.717) is 17.8 Å². The van der Waals surface area contributed by atoms with Crippen LogP contribution < -0.4 is 0 Å². The van der Waals surface area contributed by atoms with Crippen molar-refractivity contribution in [2.45, 2.75) is 65.6 Å². The number of aliphatic hydroxyl groups is 1. The molecule has 1 aliphatic carbocycles. The Morgan fingerprint density at radius 3 is 2.53 bits per heavy atom. The molecule has 0 saturated heterocycles. The Morgan fingerprint density at radius 1 is 1.35 bits per heavy atom. The summed E-state index contributed by atoms with van der Waals surface area (Å²) in [6.07, 6.45) is 2.88. The predicted molar refractivity (Wildman–Crippen MR) is 67.5 cm³/mol. The van der Waals surface area contributed by atoms with E-state index in [9.17, 15) is 9.90 Å². The highest BCUT2D eigenvalue weighted by molar-refractivity contribution is 5.70. The van der Waals surface area contributed by atoms with Gasteiger partial charge >= 0.3 is 5.97 Å². The molecule has 1 rings (SSSR count). The molecule has 0 aliphatic heterocycles. The van der Waals surface area contributed by atoms with Crippen LogP contribution in [0.3, 0.4) is 0 Å². The predicted octanol–water partition coefficient (Wildman–Crippen LogP) is 2.76. The quantitative estimate of drug-likeness (QED) is 0.771. The van der Waals surface area contributed by atoms with Gasteiger partial charge in [0.15, 0.2) is 0 Å². The normalized spacial score (nSPS) is 31.3. The first kappa shape index (κ1) is 14.5. The molecule has 100 valence electrons. The second-order valence-corrected chi connectivity index (χ2v) is 5.91. The van der Waals surface area contributed by atoms with Crippen molar-refractivity contribution in [3.05, 3.63) is 0 Å². The van der Waals surface area contributed by atoms with Gasteiger partial charge in [-0.15, -0.1) is 0 Å². The molecule has 0 bridgehead atoms. The molecule has 0 radical (unpaired) electrons. The topological polar surface area (TPSA) is 46.5 Å². The van der Waals surface area contributed by atoms with Gasteiger partial charge in [0.05, 0.1) is 12.5 Å². The molecule has 1 aliphatic rings. The zero-order chi connectivity index (χ0) is 13.0. The molecule has 0 aromatic carbocycles. The number of carbonyl (C=O) groups excluding carboxylic acids is 1. The number of ether oxygens (including phenoxy) is 1. The lowest BCUT2D eigenvalue weighted by atomic mass is 9.75. The minimum atomic E-state index is -0.610. The van der Waals surface area contributed by atoms with Crippen LogP contribution in [-0.4, -0.2) is 23.3 Å². The highest BCUT2D eigenvalue weighted by atomic mass is 16.5. The highest BCUT2D eigenvalue weighted by Gasteiger charge is 2.33. The lowest BCUT2D eigenvalue weighted by Gasteiger charge is -2.36. The second kappa shape index (κ2) is 6.39. The maximum absolute atomic E-state index is 11.6. The van der Waals surface area contributed by atoms with Crippen molar-refractivity contribution in [1.82, 2.24) is 0 Å². The van der Waals surface area contributed by atoms with Gasteiger partial charge in [0.1, 0.15) is 6.10 Å². The molecule has 0 aromatic heterocycles. The number of aliphatic hydroxyl groups excluding tert-OH is 1. The molecule has 0 heterocycles. The fourth-order valence-electron chi connectivity index (χ4n) is 2.71. The van der Waals surface area contributed by atoms with Crippen molar-refractivity contribution in [1.29, 1.82) is 0 Å². The zero-order valence-electron chi connectivity index (χ0n) is 11.5. The average Bonchev–Trinajstić information content (AvgIpc) is 2.15. The number of carbonyl (C=O) groups is 1. The van der Waals surface area contributed by atoms with E-state index in [1.165, 1.54) is 6.42 Å². The lowest BCUT2D eigenvalue weighted by Crippen LogP contribution is -2.36. The van der Waals surface area contributed by atoms with E-state index in [2.05, 4.69) is 20.8 Å². The number of hydrogen-bond acceptors (Lipinski definition) is 3. The molecule has 1 saturated carbocycles. The van der Waals surface area contributed by atoms with Gasteiger partial charge in [0.25, 0.3) is 0 Å². The van der Waals surface area contributed by atoms with Gasteiger partial charge < -0.3 is 9.84 Å². The van der Waals surface area contributed by atoms with Crippen LogP contribution in [0.5, 0.6) is 0 Å². The third kappa shape index (κ3) is 4.66. The number of rotatable bonds is 4. The third-order valence-corrected chi connectivity index (χ3v) is 3.71. The molecule has 4 atom stereocenters. The first-order valence-corrected chi connectivity index (χ1v) is 6.77. The van der Waals surface area contributed by atoms with Crippen molar-refractivity contribution >= 4 is 5.97 Å². The van der Waals surface area contributed by atoms with Crippen molar-refractivity contribution in [2.24, 2.45) is 17.8 Å². The fourth-order valence-corrected chi connectivity index (χ4v) is 2.71. The summed E-state index contributed by atoms with van der Waals surface area (Å²) in [5.41, 5.74) is 0. The van der Waals surface area contributed by atoms with Gasteiger partial charge in [-0.3, -0.25) is 4.79 Å². The van der Waals surface area contributed by atoms with Crippen LogP contribution in [0.1, 0.15) is 53.4 Å². The smallest absolute Gasteiger partial charge is 0.308 e. The van der Waals surface area contributed by atoms with Crippen LogP contribution in [0.4, 0.5) is 0 Å². The lowest BCUT2D eigenvalue weighted by molar-refractivity contribution is -0.157. The van der Waals surface area contributed by atoms with Crippen molar-refractivity contribution in [3.8, 4) is 0 Å². The summed E-state index contributed by atoms with van der Waals surface area (Å²) in [5, 5.41) is 9.18. The van der Waals surface area contributed by atoms with Crippen LogP contribution in [0, 0.1) is 17.8 Å². The Morgan fingerprint density at radius 2 is 2.00 bits per heavy atom. The van der Waals surface area contributed by atoms with Gasteiger partial charge in [-0.25, -0.2) is 0 Å². The average molecular weight is 242 g/mol. The fraction of sp³-hybridized carbons (Fsp3) is 0.929. The van der Waals surface area contributed by atoms with Crippen LogP contribution in [0.2, 0.25) is 0 Å². The van der Waals surface area contributed by atoms with Crippen LogP contribution in [-0.2, 0) is 9.53 Å². The molecule has 3 nitrogen and oxygen atoms in total. The molecular formula is C14H26O3. The van der Waals surface area contributed by atoms with E-state index in [4.69, 9.17) is 4.74 Å². The second-order valence-electron chi connectivity index (χ2n) is 5.91. The SMILES string of the molecule is CC(O)CC(=O)O[C@H]1C[C@@H](C)CC[C@@H]1C(C)C. The molecule has 1 unspecified atom stereocenters. The molecular weight excluding hydrogens is 216 g/mol. The van der Waals surface area contributed by atoms with E-state index < -0.39 is 6.10 Å². The van der Waals surface area contributed by atoms with Crippen molar-refractivity contribution in [2.75, 3.05) is 0 Å². The first-order valence-electron chi connectivity index (χ1n) is 6.77.